The molecule has 0 aliphatic carbocycles. The van der Waals surface area contributed by atoms with Gasteiger partial charge in [0.2, 0.25) is 0 Å². The van der Waals surface area contributed by atoms with Crippen LogP contribution in [0.2, 0.25) is 5.02 Å². The van der Waals surface area contributed by atoms with Gasteiger partial charge < -0.3 is 72.4 Å². The Bertz CT molecular complexity index is 5980. The highest BCUT2D eigenvalue weighted by atomic mass is 35.5. The highest BCUT2D eigenvalue weighted by Crippen LogP contribution is 2.31. The molecule has 12 aromatic rings. The topological polar surface area (TPSA) is 400 Å². The molecule has 0 spiro atoms. The maximum absolute atomic E-state index is 13.9. The van der Waals surface area contributed by atoms with Crippen molar-refractivity contribution in [3.05, 3.63) is 368 Å². The summed E-state index contributed by atoms with van der Waals surface area (Å²) in [4.78, 5) is 146. The smallest absolute Gasteiger partial charge is 0.337 e. The Labute approximate surface area is 674 Å². The lowest BCUT2D eigenvalue weighted by Crippen LogP contribution is -2.20. The standard InChI is InChI=1S/2C22H17FN2O5.C21H14ClFN2O4.C21H13F3N2O4/c1-30-13-10-11-19(16(12-13)22(28)29)25-21(27)15-7-3-5-9-18(15)24-20(26)14-6-2-4-8-17(14)23;1-30-13-10-11-16(22(28)29)19(12-13)25-21(27)15-7-3-5-9-18(15)24-20(26)14-6-2-4-8-17(14)23;22-12-9-10-14(20(27)24-17-8-4-2-6-15(17)21(28)29)18(11-12)25-19(26)13-5-1-3-7-16(13)23;22-14-7-3-1-5-11(14)19(27)25-17-8-4-2-6-12(17)20(28)26-18-10-16(24)15(23)9-13(18)21(29)30/h2*2-12H,1H3,(H,24,26)(H,25,27)(H,28,29);1-11H,(H,24,27)(H,25,26)(H,28,29);1-10H,(H,25,27)(H,26,28)(H,29,30). The number of carbonyl (C=O) groups is 12. The van der Waals surface area contributed by atoms with Crippen molar-refractivity contribution < 1.29 is 114 Å². The van der Waals surface area contributed by atoms with Crippen LogP contribution >= 0.6 is 11.6 Å². The van der Waals surface area contributed by atoms with Gasteiger partial charge in [-0.3, -0.25) is 38.4 Å². The van der Waals surface area contributed by atoms with Crippen LogP contribution in [0.5, 0.6) is 11.5 Å². The molecule has 0 aliphatic rings. The fourth-order valence-electron chi connectivity index (χ4n) is 10.8. The first-order valence-electron chi connectivity index (χ1n) is 34.4. The number of benzene rings is 12. The Morgan fingerprint density at radius 3 is 0.798 bits per heavy atom. The highest BCUT2D eigenvalue weighted by Gasteiger charge is 2.26. The van der Waals surface area contributed by atoms with E-state index in [-0.39, 0.29) is 106 Å². The van der Waals surface area contributed by atoms with Crippen LogP contribution in [0.3, 0.4) is 0 Å². The summed E-state index contributed by atoms with van der Waals surface area (Å²) in [6.07, 6.45) is 0. The first kappa shape index (κ1) is 86.7. The third-order valence-corrected chi connectivity index (χ3v) is 16.8. The average molecular weight is 1640 g/mol. The fourth-order valence-corrected chi connectivity index (χ4v) is 10.9. The largest absolute Gasteiger partial charge is 0.497 e. The second kappa shape index (κ2) is 40.5. The Morgan fingerprint density at radius 1 is 0.227 bits per heavy atom. The van der Waals surface area contributed by atoms with Crippen molar-refractivity contribution in [3.63, 3.8) is 0 Å². The number of halogens is 7. The van der Waals surface area contributed by atoms with E-state index in [4.69, 9.17) is 26.2 Å². The summed E-state index contributed by atoms with van der Waals surface area (Å²) < 4.78 is 92.4. The number of carboxylic acids is 4. The number of ether oxygens (including phenoxy) is 2. The quantitative estimate of drug-likeness (QED) is 0.0280. The average Bonchev–Trinajstić information content (AvgIpc) is 0.823. The lowest BCUT2D eigenvalue weighted by Gasteiger charge is -2.13. The Morgan fingerprint density at radius 2 is 0.454 bits per heavy atom. The zero-order valence-corrected chi connectivity index (χ0v) is 62.2. The number of anilines is 8. The van der Waals surface area contributed by atoms with E-state index in [0.29, 0.717) is 23.6 Å². The maximum atomic E-state index is 13.9. The minimum Gasteiger partial charge on any atom is -0.497 e. The van der Waals surface area contributed by atoms with Crippen molar-refractivity contribution >= 4 is 128 Å². The SMILES string of the molecule is COc1ccc(C(=O)O)c(NC(=O)c2ccccc2NC(=O)c2ccccc2F)c1.COc1ccc(NC(=O)c2ccccc2NC(=O)c2ccccc2F)c(C(=O)O)c1.O=C(Nc1cc(Cl)ccc1C(=O)Nc1ccccc1C(=O)O)c1ccccc1F.O=C(Nc1ccccc1C(=O)Nc1cc(F)c(F)cc1C(=O)O)c1ccccc1F. The molecule has 0 heterocycles. The van der Waals surface area contributed by atoms with Crippen LogP contribution in [0.1, 0.15) is 124 Å². The molecule has 8 amide bonds. The van der Waals surface area contributed by atoms with Crippen LogP contribution in [0.25, 0.3) is 0 Å². The molecule has 0 fully saturated rings. The molecule has 0 bridgehead atoms. The van der Waals surface area contributed by atoms with Gasteiger partial charge in [-0.25, -0.2) is 45.5 Å². The molecule has 119 heavy (non-hydrogen) atoms. The van der Waals surface area contributed by atoms with Gasteiger partial charge >= 0.3 is 23.9 Å². The minimum absolute atomic E-state index is 0.00251. The Kier molecular flexibility index (Phi) is 29.5. The van der Waals surface area contributed by atoms with Crippen molar-refractivity contribution in [2.45, 2.75) is 0 Å². The van der Waals surface area contributed by atoms with Crippen molar-refractivity contribution in [2.75, 3.05) is 56.8 Å². The molecular weight excluding hydrogens is 1580 g/mol. The molecule has 602 valence electrons. The van der Waals surface area contributed by atoms with Crippen LogP contribution < -0.4 is 52.0 Å². The Hall–Kier alpha value is -16.3. The number of methoxy groups -OCH3 is 2. The second-order valence-electron chi connectivity index (χ2n) is 24.3. The highest BCUT2D eigenvalue weighted by molar-refractivity contribution is 6.31. The summed E-state index contributed by atoms with van der Waals surface area (Å²) in [5, 5.41) is 57.0. The van der Waals surface area contributed by atoms with Gasteiger partial charge in [0, 0.05) is 17.2 Å². The first-order chi connectivity index (χ1) is 56.9. The van der Waals surface area contributed by atoms with E-state index in [0.717, 1.165) is 24.3 Å². The van der Waals surface area contributed by atoms with Crippen LogP contribution in [0, 0.1) is 34.9 Å². The van der Waals surface area contributed by atoms with Gasteiger partial charge in [-0.1, -0.05) is 109 Å². The van der Waals surface area contributed by atoms with Gasteiger partial charge in [0.1, 0.15) is 34.8 Å². The molecule has 12 rings (SSSR count). The van der Waals surface area contributed by atoms with Gasteiger partial charge in [-0.05, 0) is 152 Å². The van der Waals surface area contributed by atoms with E-state index in [1.807, 2.05) is 0 Å². The van der Waals surface area contributed by atoms with Crippen LogP contribution in [0.15, 0.2) is 261 Å². The lowest BCUT2D eigenvalue weighted by atomic mass is 10.1. The predicted molar refractivity (Wildman–Crippen MR) is 427 cm³/mol. The van der Waals surface area contributed by atoms with Gasteiger partial charge in [0.25, 0.3) is 47.3 Å². The summed E-state index contributed by atoms with van der Waals surface area (Å²) >= 11 is 5.97. The maximum Gasteiger partial charge on any atom is 0.337 e. The molecule has 12 aromatic carbocycles. The second-order valence-corrected chi connectivity index (χ2v) is 24.7. The van der Waals surface area contributed by atoms with Gasteiger partial charge in [-0.15, -0.1) is 0 Å². The van der Waals surface area contributed by atoms with E-state index in [9.17, 15) is 99.2 Å². The predicted octanol–water partition coefficient (Wildman–Crippen LogP) is 17.1. The van der Waals surface area contributed by atoms with Crippen LogP contribution in [-0.4, -0.2) is 106 Å². The number of para-hydroxylation sites is 4. The normalized spacial score (nSPS) is 10.3. The molecule has 0 unspecified atom stereocenters. The third-order valence-electron chi connectivity index (χ3n) is 16.6. The number of nitrogens with one attached hydrogen (secondary N) is 8. The molecule has 33 heteroatoms. The van der Waals surface area contributed by atoms with Gasteiger partial charge in [0.05, 0.1) is 126 Å². The molecule has 0 saturated heterocycles. The van der Waals surface area contributed by atoms with Gasteiger partial charge in [0.15, 0.2) is 11.6 Å². The number of hydrogen-bond donors (Lipinski definition) is 12. The third kappa shape index (κ3) is 22.8. The summed E-state index contributed by atoms with van der Waals surface area (Å²) in [7, 11) is 2.81. The van der Waals surface area contributed by atoms with Crippen molar-refractivity contribution in [1.82, 2.24) is 0 Å². The van der Waals surface area contributed by atoms with E-state index in [2.05, 4.69) is 42.5 Å². The summed E-state index contributed by atoms with van der Waals surface area (Å²) in [5.74, 6) is -16.1. The number of aromatic carboxylic acids is 4. The molecule has 0 aromatic heterocycles. The van der Waals surface area contributed by atoms with Crippen molar-refractivity contribution in [1.29, 1.82) is 0 Å². The first-order valence-corrected chi connectivity index (χ1v) is 34.8. The number of carboxylic acid groups (broad SMARTS) is 4. The van der Waals surface area contributed by atoms with Crippen molar-refractivity contribution in [3.8, 4) is 11.5 Å². The summed E-state index contributed by atoms with van der Waals surface area (Å²) in [5.41, 5.74) is -1.71. The molecule has 0 aliphatic heterocycles. The zero-order valence-electron chi connectivity index (χ0n) is 61.5. The number of amides is 8. The minimum atomic E-state index is -1.58. The zero-order chi connectivity index (χ0) is 86.1. The molecule has 0 saturated carbocycles. The van der Waals surface area contributed by atoms with E-state index in [1.165, 1.54) is 208 Å². The molecule has 12 N–H and O–H groups in total. The summed E-state index contributed by atoms with van der Waals surface area (Å²) in [6, 6.07) is 58.8. The van der Waals surface area contributed by atoms with Crippen LogP contribution in [-0.2, 0) is 0 Å². The van der Waals surface area contributed by atoms with Gasteiger partial charge in [-0.2, -0.15) is 0 Å². The molecule has 0 atom stereocenters. The monoisotopic (exact) mass is 1640 g/mol. The van der Waals surface area contributed by atoms with E-state index >= 15 is 0 Å². The number of hydrogen-bond acceptors (Lipinski definition) is 14. The van der Waals surface area contributed by atoms with Crippen LogP contribution in [0.4, 0.5) is 71.8 Å². The Balaban J connectivity index is 0.000000181. The fraction of sp³-hybridized carbons (Fsp3) is 0.0233. The number of carbonyl (C=O) groups excluding carboxylic acids is 8. The lowest BCUT2D eigenvalue weighted by molar-refractivity contribution is 0.0686. The van der Waals surface area contributed by atoms with E-state index in [1.54, 1.807) is 30.3 Å². The molecule has 26 nitrogen and oxygen atoms in total. The molecule has 0 radical (unpaired) electrons. The number of rotatable bonds is 22. The summed E-state index contributed by atoms with van der Waals surface area (Å²) in [6.45, 7) is 0. The van der Waals surface area contributed by atoms with Crippen molar-refractivity contribution in [2.24, 2.45) is 0 Å². The molecular formula is C86H61ClF6N8O18. The van der Waals surface area contributed by atoms with E-state index < -0.39 is 117 Å².